The molecule has 0 aromatic carbocycles. The molecule has 0 saturated heterocycles. The molecule has 1 amide bonds. The number of carbonyl (C=O) groups excluding carboxylic acids is 2. The van der Waals surface area contributed by atoms with Crippen LogP contribution in [0.5, 0.6) is 0 Å². The van der Waals surface area contributed by atoms with Crippen LogP contribution in [0.15, 0.2) is 11.6 Å². The molecule has 0 bridgehead atoms. The highest BCUT2D eigenvalue weighted by molar-refractivity contribution is 5.73. The van der Waals surface area contributed by atoms with Crippen molar-refractivity contribution in [2.75, 3.05) is 0 Å². The van der Waals surface area contributed by atoms with Gasteiger partial charge in [-0.05, 0) is 73.5 Å². The van der Waals surface area contributed by atoms with Gasteiger partial charge in [-0.3, -0.25) is 9.59 Å². The summed E-state index contributed by atoms with van der Waals surface area (Å²) in [5.74, 6) is 2.16. The highest BCUT2D eigenvalue weighted by Crippen LogP contribution is 2.64. The Morgan fingerprint density at radius 2 is 1.85 bits per heavy atom. The molecule has 7 atom stereocenters. The number of amides is 1. The van der Waals surface area contributed by atoms with Crippen molar-refractivity contribution in [2.45, 2.75) is 91.2 Å². The highest BCUT2D eigenvalue weighted by Gasteiger charge is 2.58. The van der Waals surface area contributed by atoms with Crippen LogP contribution < -0.4 is 5.32 Å². The standard InChI is InChI=1S/C23H35NO3/c1-14(25)24-21-8-7-19-18-6-5-16-13-17(27-15(2)26)9-11-22(16,3)20(18)10-12-23(19,21)4/h5,17-21H,6-13H2,1-4H3,(H,24,25)/t17-,18+,19-,20+,21+,22-,23-/m0/s1. The predicted molar refractivity (Wildman–Crippen MR) is 105 cm³/mol. The lowest BCUT2D eigenvalue weighted by molar-refractivity contribution is -0.148. The van der Waals surface area contributed by atoms with Crippen molar-refractivity contribution in [1.82, 2.24) is 5.32 Å². The van der Waals surface area contributed by atoms with Crippen molar-refractivity contribution in [3.8, 4) is 0 Å². The molecular weight excluding hydrogens is 338 g/mol. The number of hydrogen-bond acceptors (Lipinski definition) is 3. The third-order valence-electron chi connectivity index (χ3n) is 8.77. The summed E-state index contributed by atoms with van der Waals surface area (Å²) < 4.78 is 5.54. The first kappa shape index (κ1) is 19.0. The van der Waals surface area contributed by atoms with E-state index < -0.39 is 0 Å². The topological polar surface area (TPSA) is 55.4 Å². The molecule has 0 spiro atoms. The third-order valence-corrected chi connectivity index (χ3v) is 8.77. The van der Waals surface area contributed by atoms with Crippen LogP contribution in [0.4, 0.5) is 0 Å². The molecular formula is C23H35NO3. The largest absolute Gasteiger partial charge is 0.462 e. The summed E-state index contributed by atoms with van der Waals surface area (Å²) in [6, 6.07) is 0.346. The van der Waals surface area contributed by atoms with Crippen molar-refractivity contribution >= 4 is 11.9 Å². The van der Waals surface area contributed by atoms with Crippen LogP contribution >= 0.6 is 0 Å². The van der Waals surface area contributed by atoms with Crippen LogP contribution in [0.1, 0.15) is 79.1 Å². The van der Waals surface area contributed by atoms with Crippen molar-refractivity contribution in [3.63, 3.8) is 0 Å². The first-order valence-electron chi connectivity index (χ1n) is 10.9. The number of ether oxygens (including phenoxy) is 1. The van der Waals surface area contributed by atoms with E-state index in [1.165, 1.54) is 26.2 Å². The van der Waals surface area contributed by atoms with Gasteiger partial charge in [0.25, 0.3) is 0 Å². The van der Waals surface area contributed by atoms with Crippen molar-refractivity contribution in [3.05, 3.63) is 11.6 Å². The van der Waals surface area contributed by atoms with Gasteiger partial charge in [-0.25, -0.2) is 0 Å². The number of hydrogen-bond donors (Lipinski definition) is 1. The molecule has 0 aliphatic heterocycles. The van der Waals surface area contributed by atoms with E-state index >= 15 is 0 Å². The highest BCUT2D eigenvalue weighted by atomic mass is 16.5. The van der Waals surface area contributed by atoms with Gasteiger partial charge in [-0.2, -0.15) is 0 Å². The minimum atomic E-state index is -0.152. The molecule has 0 radical (unpaired) electrons. The number of fused-ring (bicyclic) bond motifs is 5. The fraction of sp³-hybridized carbons (Fsp3) is 0.826. The van der Waals surface area contributed by atoms with Crippen LogP contribution in [0.3, 0.4) is 0 Å². The molecule has 1 N–H and O–H groups in total. The Balaban J connectivity index is 1.55. The maximum atomic E-state index is 11.7. The second-order valence-electron chi connectivity index (χ2n) is 10.1. The van der Waals surface area contributed by atoms with Gasteiger partial charge in [0.1, 0.15) is 6.10 Å². The number of rotatable bonds is 2. The number of carbonyl (C=O) groups is 2. The maximum Gasteiger partial charge on any atom is 0.302 e. The minimum Gasteiger partial charge on any atom is -0.462 e. The van der Waals surface area contributed by atoms with Crippen LogP contribution in [0, 0.1) is 28.6 Å². The van der Waals surface area contributed by atoms with Gasteiger partial charge in [-0.15, -0.1) is 0 Å². The molecule has 3 fully saturated rings. The third kappa shape index (κ3) is 3.03. The lowest BCUT2D eigenvalue weighted by Crippen LogP contribution is -2.53. The minimum absolute atomic E-state index is 0.0721. The van der Waals surface area contributed by atoms with Gasteiger partial charge in [0.2, 0.25) is 5.91 Å². The Morgan fingerprint density at radius 1 is 1.07 bits per heavy atom. The molecule has 4 rings (SSSR count). The quantitative estimate of drug-likeness (QED) is 0.577. The summed E-state index contributed by atoms with van der Waals surface area (Å²) in [4.78, 5) is 23.1. The van der Waals surface area contributed by atoms with Gasteiger partial charge in [0, 0.05) is 26.3 Å². The van der Waals surface area contributed by atoms with Crippen molar-refractivity contribution in [2.24, 2.45) is 28.6 Å². The first-order valence-corrected chi connectivity index (χ1v) is 10.9. The Kier molecular flexibility index (Phi) is 4.67. The monoisotopic (exact) mass is 373 g/mol. The van der Waals surface area contributed by atoms with Gasteiger partial charge >= 0.3 is 5.97 Å². The zero-order valence-corrected chi connectivity index (χ0v) is 17.3. The fourth-order valence-electron chi connectivity index (χ4n) is 7.45. The summed E-state index contributed by atoms with van der Waals surface area (Å²) >= 11 is 0. The molecule has 0 aromatic heterocycles. The lowest BCUT2D eigenvalue weighted by atomic mass is 9.48. The first-order chi connectivity index (χ1) is 12.7. The van der Waals surface area contributed by atoms with Gasteiger partial charge in [-0.1, -0.05) is 25.5 Å². The molecule has 0 unspecified atom stereocenters. The van der Waals surface area contributed by atoms with E-state index in [2.05, 4.69) is 25.2 Å². The molecule has 0 heterocycles. The Bertz CT molecular complexity index is 671. The average molecular weight is 374 g/mol. The zero-order chi connectivity index (χ0) is 19.4. The molecule has 4 nitrogen and oxygen atoms in total. The molecule has 4 aliphatic carbocycles. The number of nitrogens with one attached hydrogen (secondary N) is 1. The van der Waals surface area contributed by atoms with E-state index in [1.807, 2.05) is 0 Å². The summed E-state index contributed by atoms with van der Waals surface area (Å²) in [5.41, 5.74) is 2.07. The van der Waals surface area contributed by atoms with Gasteiger partial charge < -0.3 is 10.1 Å². The Hall–Kier alpha value is -1.32. The molecule has 27 heavy (non-hydrogen) atoms. The van der Waals surface area contributed by atoms with Crippen LogP contribution in [0.25, 0.3) is 0 Å². The van der Waals surface area contributed by atoms with Crippen molar-refractivity contribution < 1.29 is 14.3 Å². The molecule has 4 heteroatoms. The van der Waals surface area contributed by atoms with E-state index in [-0.39, 0.29) is 28.8 Å². The van der Waals surface area contributed by atoms with E-state index in [0.29, 0.717) is 12.0 Å². The molecule has 150 valence electrons. The number of esters is 1. The fourth-order valence-corrected chi connectivity index (χ4v) is 7.45. The van der Waals surface area contributed by atoms with E-state index in [1.54, 1.807) is 12.5 Å². The lowest BCUT2D eigenvalue weighted by Gasteiger charge is -2.58. The van der Waals surface area contributed by atoms with Crippen molar-refractivity contribution in [1.29, 1.82) is 0 Å². The van der Waals surface area contributed by atoms with Gasteiger partial charge in [0.15, 0.2) is 0 Å². The summed E-state index contributed by atoms with van der Waals surface area (Å²) in [5, 5.41) is 3.26. The smallest absolute Gasteiger partial charge is 0.302 e. The van der Waals surface area contributed by atoms with E-state index in [0.717, 1.165) is 43.9 Å². The summed E-state index contributed by atoms with van der Waals surface area (Å²) in [6.45, 7) is 8.08. The number of allylic oxidation sites excluding steroid dienone is 1. The average Bonchev–Trinajstić information content (AvgIpc) is 2.91. The molecule has 0 aromatic rings. The normalized spacial score (nSPS) is 45.8. The Labute approximate surface area is 163 Å². The second-order valence-corrected chi connectivity index (χ2v) is 10.1. The van der Waals surface area contributed by atoms with Crippen LogP contribution in [-0.2, 0) is 14.3 Å². The second kappa shape index (κ2) is 6.63. The van der Waals surface area contributed by atoms with E-state index in [9.17, 15) is 9.59 Å². The zero-order valence-electron chi connectivity index (χ0n) is 17.3. The summed E-state index contributed by atoms with van der Waals surface area (Å²) in [7, 11) is 0. The van der Waals surface area contributed by atoms with Crippen LogP contribution in [-0.4, -0.2) is 24.0 Å². The maximum absolute atomic E-state index is 11.7. The molecule has 3 saturated carbocycles. The summed E-state index contributed by atoms with van der Waals surface area (Å²) in [6.07, 6.45) is 11.6. The van der Waals surface area contributed by atoms with Crippen LogP contribution in [0.2, 0.25) is 0 Å². The Morgan fingerprint density at radius 3 is 2.56 bits per heavy atom. The van der Waals surface area contributed by atoms with E-state index in [4.69, 9.17) is 4.74 Å². The van der Waals surface area contributed by atoms with Gasteiger partial charge in [0.05, 0.1) is 0 Å². The SMILES string of the molecule is CC(=O)N[C@@H]1CC[C@H]2[C@H]3CC=C4C[C@@H](OC(C)=O)CC[C@]4(C)[C@@H]3CC[C@]12C. The predicted octanol–water partition coefficient (Wildman–Crippen LogP) is 4.39. The molecule has 4 aliphatic rings.